The second-order valence-corrected chi connectivity index (χ2v) is 27.7. The molecule has 0 saturated heterocycles. The molecule has 4 heterocycles. The summed E-state index contributed by atoms with van der Waals surface area (Å²) in [6, 6.07) is 10.1. The summed E-state index contributed by atoms with van der Waals surface area (Å²) < 4.78 is 343. The fourth-order valence-corrected chi connectivity index (χ4v) is 16.9. The number of nitrogens with zero attached hydrogens (tertiary/aromatic N) is 4. The van der Waals surface area contributed by atoms with Crippen LogP contribution in [-0.4, -0.2) is 22.2 Å². The highest BCUT2D eigenvalue weighted by Gasteiger charge is 2.39. The van der Waals surface area contributed by atoms with Gasteiger partial charge in [-0.15, -0.1) is 0 Å². The lowest BCUT2D eigenvalue weighted by Crippen LogP contribution is -2.67. The van der Waals surface area contributed by atoms with Crippen LogP contribution in [0.4, 0.5) is 0 Å². The topological polar surface area (TPSA) is 35.9 Å². The van der Waals surface area contributed by atoms with Gasteiger partial charge >= 0.3 is 0 Å². The van der Waals surface area contributed by atoms with Crippen LogP contribution in [0.25, 0.3) is 106 Å². The number of hydrogen-bond donors (Lipinski definition) is 0. The molecular weight excluding hydrogens is 1160 g/mol. The second kappa shape index (κ2) is 23.3. The van der Waals surface area contributed by atoms with Gasteiger partial charge in [-0.2, -0.15) is 0 Å². The molecule has 0 N–H and O–H groups in total. The number of imidazole rings is 1. The normalized spacial score (nSPS) is 17.9. The Hall–Kier alpha value is -10.9. The largest absolute Gasteiger partial charge is 0.458 e. The van der Waals surface area contributed by atoms with Gasteiger partial charge in [-0.05, 0) is 211 Å². The molecule has 454 valence electrons. The summed E-state index contributed by atoms with van der Waals surface area (Å²) in [6.07, 6.45) is 4.36. The molecule has 0 radical (unpaired) electrons. The van der Waals surface area contributed by atoms with Gasteiger partial charge in [0.05, 0.1) is 65.0 Å². The average molecular weight is 1260 g/mol. The zero-order valence-corrected chi connectivity index (χ0v) is 51.5. The number of hydrogen-bond acceptors (Lipinski definition) is 2. The van der Waals surface area contributed by atoms with E-state index in [1.54, 1.807) is 36.5 Å². The van der Waals surface area contributed by atoms with Crippen molar-refractivity contribution in [1.29, 1.82) is 0 Å². The third kappa shape index (κ3) is 9.91. The van der Waals surface area contributed by atoms with Crippen molar-refractivity contribution in [2.45, 2.75) is 66.1 Å². The van der Waals surface area contributed by atoms with E-state index in [1.807, 2.05) is 47.0 Å². The maximum atomic E-state index is 10.4. The Kier molecular flexibility index (Phi) is 7.84. The fourth-order valence-electron chi connectivity index (χ4n) is 13.1. The van der Waals surface area contributed by atoms with Gasteiger partial charge in [0, 0.05) is 39.5 Å². The zero-order chi connectivity index (χ0) is 93.8. The highest BCUT2D eigenvalue weighted by molar-refractivity contribution is 7.11. The van der Waals surface area contributed by atoms with Crippen molar-refractivity contribution in [3.63, 3.8) is 0 Å². The number of para-hydroxylation sites is 1. The molecule has 0 amide bonds. The minimum Gasteiger partial charge on any atom is -0.458 e. The molecule has 5 nitrogen and oxygen atoms in total. The molecular formula is C88H72N4OSi. The van der Waals surface area contributed by atoms with Crippen LogP contribution in [0.1, 0.15) is 102 Å². The summed E-state index contributed by atoms with van der Waals surface area (Å²) in [6.45, 7) is -6.99. The van der Waals surface area contributed by atoms with Crippen molar-refractivity contribution in [3.05, 3.63) is 324 Å². The van der Waals surface area contributed by atoms with Crippen LogP contribution < -0.4 is 24.9 Å². The van der Waals surface area contributed by atoms with E-state index in [0.29, 0.717) is 11.3 Å². The maximum Gasteiger partial charge on any atom is 0.269 e. The van der Waals surface area contributed by atoms with Crippen LogP contribution in [0, 0.1) is 33.7 Å². The van der Waals surface area contributed by atoms with Gasteiger partial charge < -0.3 is 4.74 Å². The van der Waals surface area contributed by atoms with Crippen LogP contribution in [0.3, 0.4) is 0 Å². The number of benzene rings is 12. The van der Waals surface area contributed by atoms with E-state index < -0.39 is 286 Å². The van der Waals surface area contributed by atoms with Crippen molar-refractivity contribution in [3.8, 4) is 84.3 Å². The molecule has 0 saturated carbocycles. The number of aryl methyl sites for hydroxylation is 5. The first-order chi connectivity index (χ1) is 60.3. The fraction of sp³-hybridized carbons (Fsp3) is 0.114. The van der Waals surface area contributed by atoms with E-state index in [1.165, 1.54) is 33.4 Å². The van der Waals surface area contributed by atoms with Gasteiger partial charge in [0.25, 0.3) is 6.33 Å². The van der Waals surface area contributed by atoms with Crippen molar-refractivity contribution in [1.82, 2.24) is 14.1 Å². The van der Waals surface area contributed by atoms with Crippen molar-refractivity contribution >= 4 is 56.5 Å². The molecule has 3 aromatic heterocycles. The molecule has 1 aliphatic rings. The predicted molar refractivity (Wildman–Crippen MR) is 393 cm³/mol. The van der Waals surface area contributed by atoms with Crippen molar-refractivity contribution in [2.75, 3.05) is 0 Å². The second-order valence-electron chi connectivity index (χ2n) is 23.8. The van der Waals surface area contributed by atoms with Gasteiger partial charge in [-0.1, -0.05) is 232 Å². The minimum atomic E-state index is -5.80. The van der Waals surface area contributed by atoms with E-state index in [0.717, 1.165) is 64.3 Å². The number of aromatic nitrogens is 4. The van der Waals surface area contributed by atoms with Crippen molar-refractivity contribution in [2.24, 2.45) is 0 Å². The Morgan fingerprint density at radius 1 is 0.489 bits per heavy atom. The van der Waals surface area contributed by atoms with E-state index in [2.05, 4.69) is 27.1 Å². The van der Waals surface area contributed by atoms with E-state index in [-0.39, 0.29) is 39.2 Å². The number of pyridine rings is 1. The van der Waals surface area contributed by atoms with Gasteiger partial charge in [0.1, 0.15) is 25.4 Å². The monoisotopic (exact) mass is 1260 g/mol. The summed E-state index contributed by atoms with van der Waals surface area (Å²) in [5.74, 6) is 0.919. The summed E-state index contributed by atoms with van der Waals surface area (Å²) in [4.78, 5) is 4.85. The maximum absolute atomic E-state index is 10.4. The van der Waals surface area contributed by atoms with Gasteiger partial charge in [0.15, 0.2) is 0 Å². The first-order valence-electron chi connectivity index (χ1n) is 47.5. The highest BCUT2D eigenvalue weighted by atomic mass is 28.3. The predicted octanol–water partition coefficient (Wildman–Crippen LogP) is 19.9. The molecule has 6 heteroatoms. The number of ether oxygens (including phenoxy) is 1. The van der Waals surface area contributed by atoms with Crippen LogP contribution >= 0.6 is 0 Å². The Balaban J connectivity index is 1.12. The molecule has 15 aromatic rings. The third-order valence-electron chi connectivity index (χ3n) is 17.4. The van der Waals surface area contributed by atoms with Crippen LogP contribution in [0.15, 0.2) is 285 Å². The quantitative estimate of drug-likeness (QED) is 0.0529. The minimum absolute atomic E-state index is 0.0353. The summed E-state index contributed by atoms with van der Waals surface area (Å²) in [5, 5.41) is -0.801. The molecule has 0 fully saturated rings. The first kappa shape index (κ1) is 31.6. The smallest absolute Gasteiger partial charge is 0.269 e. The highest BCUT2D eigenvalue weighted by Crippen LogP contribution is 2.49. The van der Waals surface area contributed by atoms with Gasteiger partial charge in [-0.25, -0.2) is 4.98 Å². The summed E-state index contributed by atoms with van der Waals surface area (Å²) >= 11 is 0. The molecule has 1 aliphatic heterocycles. The lowest BCUT2D eigenvalue weighted by molar-refractivity contribution is -0.570. The Bertz CT molecular complexity index is 7060. The van der Waals surface area contributed by atoms with Crippen LogP contribution in [0.5, 0.6) is 11.5 Å². The van der Waals surface area contributed by atoms with E-state index in [9.17, 15) is 35.6 Å². The molecule has 0 aliphatic carbocycles. The molecule has 12 aromatic carbocycles. The summed E-state index contributed by atoms with van der Waals surface area (Å²) in [5.41, 5.74) is -7.70. The Morgan fingerprint density at radius 2 is 1.04 bits per heavy atom. The molecule has 0 unspecified atom stereocenters. The number of rotatable bonds is 12. The van der Waals surface area contributed by atoms with Crippen LogP contribution in [0.2, 0.25) is 6.04 Å². The number of fused-ring (bicyclic) bond motifs is 10. The van der Waals surface area contributed by atoms with E-state index >= 15 is 0 Å². The summed E-state index contributed by atoms with van der Waals surface area (Å²) in [7, 11) is -5.80. The average Bonchev–Trinajstić information content (AvgIpc) is 1.55. The molecule has 94 heavy (non-hydrogen) atoms. The Morgan fingerprint density at radius 3 is 1.67 bits per heavy atom. The molecule has 0 spiro atoms. The standard InChI is InChI=1S/C88H72N4OSi/c1-58-26-23-27-59(2)84(58)63-52-78-74-41-20-18-39-72(74)71-38-17-19-40-73(71)77-50-62(47-49-94(68-32-11-8-12-33-68,69-34-13-9-14-35-69)70-36-15-10-16-37-70)51-82-87(77)91(86(78)79(53-63)85-60(3)28-24-29-61(85)4)57-90(82)65-30-25-31-66(55-65)93-67-44-45-76-75-42-21-22-43-80(75)92(81(76)56-67)83-54-64(46-48-89-83)88(5,6)7/h8-46,48,50-56H,47,49H2,1-7H3/i1D3,2D3,3D3,4D3,8D,9D,10D,11D,12D,13D,14D,15D,16D,17D,18D,19D,20D,32D,33D,34D,35D,36D,37D,38D,39D,40D,41D. The molecule has 0 atom stereocenters. The lowest BCUT2D eigenvalue weighted by atomic mass is 9.84. The molecule has 16 rings (SSSR count). The van der Waals surface area contributed by atoms with Crippen molar-refractivity contribution < 1.29 is 57.3 Å². The first-order valence-corrected chi connectivity index (χ1v) is 32.2. The molecule has 0 bridgehead atoms. The van der Waals surface area contributed by atoms with E-state index in [4.69, 9.17) is 22.1 Å². The SMILES string of the molecule is [2H]c1c([2H])c([2H])c([Si](CCc2cc3c4c(c2)n(-c2cccc(Oc5ccc6c7ccccc7n(-c7cc(C(C)(C)C)ccn7)c6c5)c2)[c-][n+]4-c2c(-c4c(C([2H])([2H])[2H])cccc4C([2H])([2H])[2H])cc(-c4c(C([2H])([2H])[2H])cccc4C([2H])([2H])[2H])cc2-c2c([2H])c([2H])c([2H])c([2H])c2-c2c([2H])c([2H])c([2H])c([2H])c2-3)(c2c([2H])c([2H])c([2H])c([2H])c2[2H])c2c([2H])c([2H])c([2H])c([2H])c2[2H])c([2H])c1[2H]. The van der Waals surface area contributed by atoms with Crippen LogP contribution in [-0.2, 0) is 11.8 Å². The van der Waals surface area contributed by atoms with Gasteiger partial charge in [-0.3, -0.25) is 13.7 Å². The van der Waals surface area contributed by atoms with Gasteiger partial charge in [0.2, 0.25) is 0 Å². The third-order valence-corrected chi connectivity index (χ3v) is 21.7. The zero-order valence-electron chi connectivity index (χ0n) is 85.5. The lowest BCUT2D eigenvalue weighted by Gasteiger charge is -2.34. The Labute approximate surface area is 601 Å².